The second-order valence-corrected chi connectivity index (χ2v) is 9.23. The summed E-state index contributed by atoms with van der Waals surface area (Å²) in [7, 11) is -3.88. The fourth-order valence-corrected chi connectivity index (χ4v) is 4.31. The number of rotatable bonds is 7. The molecule has 3 aromatic carbocycles. The Bertz CT molecular complexity index is 1700. The molecule has 0 fully saturated rings. The van der Waals surface area contributed by atoms with Crippen LogP contribution in [0.1, 0.15) is 5.56 Å². The van der Waals surface area contributed by atoms with Crippen molar-refractivity contribution in [3.05, 3.63) is 113 Å². The molecule has 0 bridgehead atoms. The van der Waals surface area contributed by atoms with E-state index in [-0.39, 0.29) is 22.4 Å². The van der Waals surface area contributed by atoms with Gasteiger partial charge in [-0.25, -0.2) is 28.1 Å². The smallest absolute Gasteiger partial charge is 0.283 e. The molecule has 11 heteroatoms. The summed E-state index contributed by atoms with van der Waals surface area (Å²) in [5, 5.41) is 7.85. The van der Waals surface area contributed by atoms with Gasteiger partial charge in [0.1, 0.15) is 0 Å². The van der Waals surface area contributed by atoms with Gasteiger partial charge in [-0.2, -0.15) is 9.78 Å². The number of anilines is 3. The van der Waals surface area contributed by atoms with Gasteiger partial charge in [-0.15, -0.1) is 0 Å². The Hall–Kier alpha value is -4.90. The molecule has 0 atom stereocenters. The van der Waals surface area contributed by atoms with E-state index in [0.29, 0.717) is 16.6 Å². The lowest BCUT2D eigenvalue weighted by molar-refractivity contribution is 0.601. The van der Waals surface area contributed by atoms with Gasteiger partial charge in [-0.3, -0.25) is 4.79 Å². The summed E-state index contributed by atoms with van der Waals surface area (Å²) in [6.45, 7) is 0. The second kappa shape index (κ2) is 9.76. The number of nitrogens with zero attached hydrogens (tertiary/aromatic N) is 5. The first-order chi connectivity index (χ1) is 17.5. The van der Waals surface area contributed by atoms with Crippen molar-refractivity contribution in [2.24, 2.45) is 5.10 Å². The largest absolute Gasteiger partial charge is 0.324 e. The molecule has 0 saturated heterocycles. The summed E-state index contributed by atoms with van der Waals surface area (Å²) in [5.41, 5.74) is 1.48. The van der Waals surface area contributed by atoms with Crippen LogP contribution in [-0.4, -0.2) is 34.3 Å². The van der Waals surface area contributed by atoms with Gasteiger partial charge in [-0.1, -0.05) is 42.5 Å². The number of sulfonamides is 1. The number of hydrogen-bond acceptors (Lipinski definition) is 8. The molecule has 5 rings (SSSR count). The van der Waals surface area contributed by atoms with Crippen molar-refractivity contribution in [1.29, 1.82) is 0 Å². The first-order valence-corrected chi connectivity index (χ1v) is 12.3. The van der Waals surface area contributed by atoms with Crippen LogP contribution < -0.4 is 15.6 Å². The lowest BCUT2D eigenvalue weighted by Gasteiger charge is -2.12. The van der Waals surface area contributed by atoms with Crippen LogP contribution in [0.2, 0.25) is 0 Å². The van der Waals surface area contributed by atoms with Crippen LogP contribution in [-0.2, 0) is 10.0 Å². The third-order valence-electron chi connectivity index (χ3n) is 5.09. The highest BCUT2D eigenvalue weighted by Gasteiger charge is 2.16. The Morgan fingerprint density at radius 1 is 0.833 bits per heavy atom. The van der Waals surface area contributed by atoms with Gasteiger partial charge in [0.15, 0.2) is 0 Å². The maximum atomic E-state index is 13.2. The molecular weight excluding hydrogens is 478 g/mol. The van der Waals surface area contributed by atoms with Gasteiger partial charge >= 0.3 is 0 Å². The molecule has 0 aliphatic heterocycles. The molecule has 0 saturated carbocycles. The molecule has 178 valence electrons. The van der Waals surface area contributed by atoms with Gasteiger partial charge in [0, 0.05) is 18.1 Å². The third kappa shape index (κ3) is 4.95. The van der Waals surface area contributed by atoms with Crippen LogP contribution >= 0.6 is 0 Å². The normalized spacial score (nSPS) is 11.6. The zero-order valence-electron chi connectivity index (χ0n) is 18.7. The fraction of sp³-hybridized carbons (Fsp3) is 0. The zero-order valence-corrected chi connectivity index (χ0v) is 19.5. The summed E-state index contributed by atoms with van der Waals surface area (Å²) >= 11 is 0. The molecule has 2 aromatic heterocycles. The number of para-hydroxylation sites is 1. The number of benzene rings is 3. The van der Waals surface area contributed by atoms with Crippen molar-refractivity contribution in [1.82, 2.24) is 19.6 Å². The molecule has 2 N–H and O–H groups in total. The standard InChI is InChI=1S/C25H19N7O3S/c33-23-21-9-4-5-10-22(21)30-25(32(23)28-17-18-7-2-1-3-8-18)29-19-11-13-20(14-12-19)36(34,35)31-24-26-15-6-16-27-24/h1-17H,(H,29,30)(H,26,27,31)/b28-17+. The van der Waals surface area contributed by atoms with Gasteiger partial charge < -0.3 is 5.32 Å². The molecule has 0 aliphatic rings. The van der Waals surface area contributed by atoms with Crippen LogP contribution in [0.4, 0.5) is 17.6 Å². The van der Waals surface area contributed by atoms with Crippen molar-refractivity contribution in [2.75, 3.05) is 10.0 Å². The van der Waals surface area contributed by atoms with E-state index >= 15 is 0 Å². The first-order valence-electron chi connectivity index (χ1n) is 10.8. The predicted molar refractivity (Wildman–Crippen MR) is 138 cm³/mol. The number of fused-ring (bicyclic) bond motifs is 1. The first kappa shape index (κ1) is 22.9. The summed E-state index contributed by atoms with van der Waals surface area (Å²) in [5.74, 6) is 0.151. The monoisotopic (exact) mass is 497 g/mol. The maximum Gasteiger partial charge on any atom is 0.283 e. The van der Waals surface area contributed by atoms with E-state index in [2.05, 4.69) is 30.1 Å². The molecule has 5 aromatic rings. The van der Waals surface area contributed by atoms with Gasteiger partial charge in [-0.05, 0) is 48.0 Å². The van der Waals surface area contributed by atoms with Gasteiger partial charge in [0.25, 0.3) is 15.6 Å². The number of nitrogens with one attached hydrogen (secondary N) is 2. The van der Waals surface area contributed by atoms with E-state index in [1.54, 1.807) is 48.7 Å². The summed E-state index contributed by atoms with van der Waals surface area (Å²) in [6.07, 6.45) is 4.44. The van der Waals surface area contributed by atoms with Crippen LogP contribution in [0, 0.1) is 0 Å². The quantitative estimate of drug-likeness (QED) is 0.328. The highest BCUT2D eigenvalue weighted by atomic mass is 32.2. The second-order valence-electron chi connectivity index (χ2n) is 7.55. The summed E-state index contributed by atoms with van der Waals surface area (Å²) in [4.78, 5) is 25.5. The molecule has 0 aliphatic carbocycles. The minimum absolute atomic E-state index is 0.0199. The van der Waals surface area contributed by atoms with Crippen LogP contribution in [0.5, 0.6) is 0 Å². The molecule has 10 nitrogen and oxygen atoms in total. The molecule has 36 heavy (non-hydrogen) atoms. The van der Waals surface area contributed by atoms with Crippen molar-refractivity contribution < 1.29 is 8.42 Å². The Morgan fingerprint density at radius 2 is 1.53 bits per heavy atom. The summed E-state index contributed by atoms with van der Waals surface area (Å²) in [6, 6.07) is 23.9. The van der Waals surface area contributed by atoms with Crippen molar-refractivity contribution in [3.8, 4) is 0 Å². The minimum atomic E-state index is -3.88. The van der Waals surface area contributed by atoms with E-state index in [0.717, 1.165) is 5.56 Å². The van der Waals surface area contributed by atoms with Crippen molar-refractivity contribution in [3.63, 3.8) is 0 Å². The van der Waals surface area contributed by atoms with Crippen molar-refractivity contribution >= 4 is 44.7 Å². The lowest BCUT2D eigenvalue weighted by Crippen LogP contribution is -2.21. The van der Waals surface area contributed by atoms with E-state index in [9.17, 15) is 13.2 Å². The molecule has 0 amide bonds. The molecular formula is C25H19N7O3S. The average molecular weight is 498 g/mol. The molecule has 0 spiro atoms. The van der Waals surface area contributed by atoms with E-state index in [1.165, 1.54) is 29.2 Å². The highest BCUT2D eigenvalue weighted by Crippen LogP contribution is 2.20. The molecule has 0 radical (unpaired) electrons. The SMILES string of the molecule is O=c1c2ccccc2nc(Nc2ccc(S(=O)(=O)Nc3ncccn3)cc2)n1/N=C/c1ccccc1. The number of hydrogen-bond donors (Lipinski definition) is 2. The van der Waals surface area contributed by atoms with E-state index < -0.39 is 10.0 Å². The van der Waals surface area contributed by atoms with E-state index in [4.69, 9.17) is 0 Å². The van der Waals surface area contributed by atoms with Crippen LogP contribution in [0.25, 0.3) is 10.9 Å². The maximum absolute atomic E-state index is 13.2. The Labute approximate surface area is 206 Å². The molecule has 2 heterocycles. The fourth-order valence-electron chi connectivity index (χ4n) is 3.35. The van der Waals surface area contributed by atoms with Gasteiger partial charge in [0.05, 0.1) is 22.0 Å². The van der Waals surface area contributed by atoms with E-state index in [1.807, 2.05) is 30.3 Å². The Kier molecular flexibility index (Phi) is 6.20. The number of aromatic nitrogens is 4. The zero-order chi connectivity index (χ0) is 25.0. The van der Waals surface area contributed by atoms with Gasteiger partial charge in [0.2, 0.25) is 11.9 Å². The predicted octanol–water partition coefficient (Wildman–Crippen LogP) is 3.61. The summed E-state index contributed by atoms with van der Waals surface area (Å²) < 4.78 is 28.8. The highest BCUT2D eigenvalue weighted by molar-refractivity contribution is 7.92. The Morgan fingerprint density at radius 3 is 2.28 bits per heavy atom. The topological polar surface area (TPSA) is 131 Å². The lowest BCUT2D eigenvalue weighted by atomic mass is 10.2. The Balaban J connectivity index is 1.47. The van der Waals surface area contributed by atoms with Crippen LogP contribution in [0.15, 0.2) is 112 Å². The third-order valence-corrected chi connectivity index (χ3v) is 6.43. The van der Waals surface area contributed by atoms with Crippen molar-refractivity contribution in [2.45, 2.75) is 4.90 Å². The average Bonchev–Trinajstić information content (AvgIpc) is 2.90. The molecule has 0 unspecified atom stereocenters. The minimum Gasteiger partial charge on any atom is -0.324 e. The van der Waals surface area contributed by atoms with Crippen LogP contribution in [0.3, 0.4) is 0 Å².